The lowest BCUT2D eigenvalue weighted by atomic mass is 10.0. The topological polar surface area (TPSA) is 60.5 Å². The van der Waals surface area contributed by atoms with Crippen molar-refractivity contribution in [2.75, 3.05) is 41.8 Å². The van der Waals surface area contributed by atoms with Crippen LogP contribution in [-0.4, -0.2) is 37.7 Å². The Hall–Kier alpha value is -3.01. The van der Waals surface area contributed by atoms with Crippen molar-refractivity contribution < 1.29 is 18.0 Å². The molecule has 0 fully saturated rings. The fourth-order valence-electron chi connectivity index (χ4n) is 3.86. The number of aromatic nitrogens is 1. The molecule has 178 valence electrons. The summed E-state index contributed by atoms with van der Waals surface area (Å²) in [6.45, 7) is 2.76. The van der Waals surface area contributed by atoms with Gasteiger partial charge in [-0.15, -0.1) is 0 Å². The van der Waals surface area contributed by atoms with Crippen LogP contribution in [0.25, 0.3) is 11.1 Å². The van der Waals surface area contributed by atoms with Crippen LogP contribution in [0.15, 0.2) is 36.5 Å². The maximum atomic E-state index is 15.4. The van der Waals surface area contributed by atoms with Gasteiger partial charge in [-0.25, -0.2) is 22.9 Å². The largest absolute Gasteiger partial charge is 0.384 e. The highest BCUT2D eigenvalue weighted by molar-refractivity contribution is 6.38. The van der Waals surface area contributed by atoms with Crippen molar-refractivity contribution in [3.05, 3.63) is 64.0 Å². The number of halogens is 5. The minimum Gasteiger partial charge on any atom is -0.384 e. The molecule has 1 aliphatic rings. The summed E-state index contributed by atoms with van der Waals surface area (Å²) in [6, 6.07) is 5.32. The smallest absolute Gasteiger partial charge is 0.334 e. The van der Waals surface area contributed by atoms with Crippen LogP contribution >= 0.6 is 23.2 Å². The van der Waals surface area contributed by atoms with E-state index in [2.05, 4.69) is 15.6 Å². The zero-order chi connectivity index (χ0) is 24.6. The molecule has 0 spiro atoms. The van der Waals surface area contributed by atoms with Gasteiger partial charge in [0.25, 0.3) is 0 Å². The van der Waals surface area contributed by atoms with Crippen molar-refractivity contribution in [2.45, 2.75) is 6.92 Å². The Balaban J connectivity index is 1.98. The number of hydrogen-bond donors (Lipinski definition) is 2. The molecule has 6 nitrogen and oxygen atoms in total. The molecule has 34 heavy (non-hydrogen) atoms. The average Bonchev–Trinajstić information content (AvgIpc) is 2.86. The fourth-order valence-corrected chi connectivity index (χ4v) is 4.45. The Morgan fingerprint density at radius 2 is 1.74 bits per heavy atom. The number of amides is 2. The van der Waals surface area contributed by atoms with Gasteiger partial charge in [-0.2, -0.15) is 0 Å². The SMILES string of the molecule is CCN1C(=O)N(c2c(F)cc(NCCNC)cc2F)c2cc(Cl)cc(Cl)c2-c2cc(F)cnc21. The maximum absolute atomic E-state index is 15.4. The van der Waals surface area contributed by atoms with Crippen molar-refractivity contribution in [3.8, 4) is 11.1 Å². The first kappa shape index (κ1) is 24.1. The molecule has 1 aromatic heterocycles. The van der Waals surface area contributed by atoms with E-state index in [0.717, 1.165) is 23.2 Å². The van der Waals surface area contributed by atoms with E-state index in [1.54, 1.807) is 14.0 Å². The molecule has 0 unspecified atom stereocenters. The zero-order valence-corrected chi connectivity index (χ0v) is 19.7. The average molecular weight is 510 g/mol. The molecule has 0 aliphatic carbocycles. The van der Waals surface area contributed by atoms with Gasteiger partial charge in [-0.05, 0) is 44.3 Å². The molecule has 2 heterocycles. The van der Waals surface area contributed by atoms with Gasteiger partial charge in [-0.3, -0.25) is 9.80 Å². The molecule has 0 bridgehead atoms. The van der Waals surface area contributed by atoms with E-state index in [9.17, 15) is 9.18 Å². The summed E-state index contributed by atoms with van der Waals surface area (Å²) in [5.41, 5.74) is -0.0378. The Labute approximate surface area is 204 Å². The molecule has 0 saturated carbocycles. The number of anilines is 4. The predicted molar refractivity (Wildman–Crippen MR) is 129 cm³/mol. The molecule has 11 heteroatoms. The number of nitrogens with zero attached hydrogens (tertiary/aromatic N) is 3. The van der Waals surface area contributed by atoms with Gasteiger partial charge in [0.15, 0.2) is 11.6 Å². The van der Waals surface area contributed by atoms with Gasteiger partial charge in [0.2, 0.25) is 0 Å². The van der Waals surface area contributed by atoms with Crippen molar-refractivity contribution in [2.24, 2.45) is 0 Å². The number of urea groups is 1. The highest BCUT2D eigenvalue weighted by Gasteiger charge is 2.37. The van der Waals surface area contributed by atoms with Gasteiger partial charge in [0, 0.05) is 41.5 Å². The standard InChI is InChI=1S/C23H20Cl2F3N5O/c1-3-32-22-15(8-13(26)11-31-22)20-16(25)6-12(24)7-19(20)33(23(32)34)21-17(27)9-14(10-18(21)28)30-5-4-29-2/h6-11,29-30H,3-5H2,1-2H3. The van der Waals surface area contributed by atoms with E-state index >= 15 is 8.78 Å². The van der Waals surface area contributed by atoms with Gasteiger partial charge >= 0.3 is 6.03 Å². The van der Waals surface area contributed by atoms with Crippen LogP contribution < -0.4 is 20.4 Å². The third-order valence-corrected chi connectivity index (χ3v) is 5.83. The lowest BCUT2D eigenvalue weighted by Gasteiger charge is -2.28. The van der Waals surface area contributed by atoms with Gasteiger partial charge in [0.05, 0.1) is 16.9 Å². The van der Waals surface area contributed by atoms with Crippen molar-refractivity contribution in [3.63, 3.8) is 0 Å². The molecular formula is C23H20Cl2F3N5O. The van der Waals surface area contributed by atoms with Crippen LogP contribution in [0, 0.1) is 17.5 Å². The molecule has 4 rings (SSSR count). The van der Waals surface area contributed by atoms with Crippen molar-refractivity contribution in [1.82, 2.24) is 10.3 Å². The second-order valence-electron chi connectivity index (χ2n) is 7.49. The van der Waals surface area contributed by atoms with E-state index < -0.39 is 29.2 Å². The second-order valence-corrected chi connectivity index (χ2v) is 8.33. The number of nitrogens with one attached hydrogen (secondary N) is 2. The number of fused-ring (bicyclic) bond motifs is 3. The molecule has 2 aromatic carbocycles. The van der Waals surface area contributed by atoms with E-state index in [1.807, 2.05) is 0 Å². The zero-order valence-electron chi connectivity index (χ0n) is 18.2. The fraction of sp³-hybridized carbons (Fsp3) is 0.217. The lowest BCUT2D eigenvalue weighted by molar-refractivity contribution is 0.253. The Morgan fingerprint density at radius 1 is 1.03 bits per heavy atom. The summed E-state index contributed by atoms with van der Waals surface area (Å²) in [5, 5.41) is 6.03. The quantitative estimate of drug-likeness (QED) is 0.388. The predicted octanol–water partition coefficient (Wildman–Crippen LogP) is 6.20. The van der Waals surface area contributed by atoms with E-state index in [0.29, 0.717) is 13.1 Å². The van der Waals surface area contributed by atoms with Crippen LogP contribution in [0.1, 0.15) is 6.92 Å². The first-order valence-corrected chi connectivity index (χ1v) is 11.2. The van der Waals surface area contributed by atoms with Gasteiger partial charge in [-0.1, -0.05) is 23.2 Å². The monoisotopic (exact) mass is 509 g/mol. The number of pyridine rings is 1. The Kier molecular flexibility index (Phi) is 6.88. The summed E-state index contributed by atoms with van der Waals surface area (Å²) in [6.07, 6.45) is 0.959. The Bertz CT molecular complexity index is 1250. The van der Waals surface area contributed by atoms with Crippen molar-refractivity contribution in [1.29, 1.82) is 0 Å². The maximum Gasteiger partial charge on any atom is 0.334 e. The van der Waals surface area contributed by atoms with Crippen LogP contribution in [0.5, 0.6) is 0 Å². The summed E-state index contributed by atoms with van der Waals surface area (Å²) in [7, 11) is 1.75. The first-order valence-electron chi connectivity index (χ1n) is 10.4. The number of hydrogen-bond acceptors (Lipinski definition) is 4. The highest BCUT2D eigenvalue weighted by atomic mass is 35.5. The van der Waals surface area contributed by atoms with Gasteiger partial charge in [0.1, 0.15) is 17.3 Å². The molecule has 0 saturated heterocycles. The van der Waals surface area contributed by atoms with Crippen molar-refractivity contribution >= 4 is 52.1 Å². The molecule has 1 aliphatic heterocycles. The number of likely N-dealkylation sites (N-methyl/N-ethyl adjacent to an activating group) is 1. The first-order chi connectivity index (χ1) is 16.3. The normalized spacial score (nSPS) is 13.0. The van der Waals surface area contributed by atoms with E-state index in [1.165, 1.54) is 23.1 Å². The number of carbonyl (C=O) groups is 1. The molecule has 3 aromatic rings. The van der Waals surface area contributed by atoms with E-state index in [4.69, 9.17) is 23.2 Å². The van der Waals surface area contributed by atoms with E-state index in [-0.39, 0.29) is 44.9 Å². The molecule has 2 N–H and O–H groups in total. The van der Waals surface area contributed by atoms with Crippen LogP contribution in [0.3, 0.4) is 0 Å². The third-order valence-electron chi connectivity index (χ3n) is 5.32. The number of carbonyl (C=O) groups excluding carboxylic acids is 1. The molecule has 0 atom stereocenters. The van der Waals surface area contributed by atoms with Crippen LogP contribution in [-0.2, 0) is 0 Å². The minimum absolute atomic E-state index is 0.000733. The summed E-state index contributed by atoms with van der Waals surface area (Å²) in [5.74, 6) is -2.53. The second kappa shape index (κ2) is 9.69. The summed E-state index contributed by atoms with van der Waals surface area (Å²) in [4.78, 5) is 19.8. The molecule has 2 amide bonds. The number of benzene rings is 2. The van der Waals surface area contributed by atoms with Crippen LogP contribution in [0.4, 0.5) is 40.8 Å². The Morgan fingerprint density at radius 3 is 2.38 bits per heavy atom. The third kappa shape index (κ3) is 4.26. The van der Waals surface area contributed by atoms with Crippen LogP contribution in [0.2, 0.25) is 10.0 Å². The molecule has 0 radical (unpaired) electrons. The van der Waals surface area contributed by atoms with Gasteiger partial charge < -0.3 is 10.6 Å². The minimum atomic E-state index is -0.983. The number of rotatable bonds is 6. The summed E-state index contributed by atoms with van der Waals surface area (Å²) < 4.78 is 45.0. The summed E-state index contributed by atoms with van der Waals surface area (Å²) >= 11 is 12.7. The highest BCUT2D eigenvalue weighted by Crippen LogP contribution is 2.48. The lowest BCUT2D eigenvalue weighted by Crippen LogP contribution is -2.41. The molecular weight excluding hydrogens is 490 g/mol.